The molecule has 0 spiro atoms. The van der Waals surface area contributed by atoms with Gasteiger partial charge < -0.3 is 4.74 Å². The quantitative estimate of drug-likeness (QED) is 0.460. The molecule has 144 valence electrons. The second-order valence-corrected chi connectivity index (χ2v) is 6.75. The van der Waals surface area contributed by atoms with Crippen LogP contribution in [-0.4, -0.2) is 33.1 Å². The first-order valence-electron chi connectivity index (χ1n) is 9.29. The van der Waals surface area contributed by atoms with Crippen LogP contribution < -0.4 is 0 Å². The first kappa shape index (κ1) is 19.5. The summed E-state index contributed by atoms with van der Waals surface area (Å²) in [7, 11) is 0. The summed E-state index contributed by atoms with van der Waals surface area (Å²) < 4.78 is 6.91. The molecule has 0 radical (unpaired) electrons. The number of rotatable bonds is 7. The fraction of sp³-hybridized carbons (Fsp3) is 0.273. The molecular weight excluding hydrogens is 354 g/mol. The lowest BCUT2D eigenvalue weighted by molar-refractivity contribution is 0.0473. The summed E-state index contributed by atoms with van der Waals surface area (Å²) in [6.07, 6.45) is 4.04. The highest BCUT2D eigenvalue weighted by Gasteiger charge is 2.23. The maximum atomic E-state index is 12.6. The van der Waals surface area contributed by atoms with E-state index in [0.29, 0.717) is 22.6 Å². The highest BCUT2D eigenvalue weighted by atomic mass is 16.5. The van der Waals surface area contributed by atoms with Gasteiger partial charge in [0.25, 0.3) is 0 Å². The maximum Gasteiger partial charge on any atom is 0.342 e. The number of aromatic nitrogens is 3. The number of hydrogen-bond acceptors (Lipinski definition) is 5. The molecule has 0 bridgehead atoms. The zero-order valence-corrected chi connectivity index (χ0v) is 16.3. The van der Waals surface area contributed by atoms with Crippen molar-refractivity contribution in [3.8, 4) is 5.82 Å². The Morgan fingerprint density at radius 1 is 1.11 bits per heavy atom. The molecule has 0 saturated carbocycles. The predicted molar refractivity (Wildman–Crippen MR) is 106 cm³/mol. The molecule has 2 heterocycles. The summed E-state index contributed by atoms with van der Waals surface area (Å²) in [5, 5.41) is 4.30. The molecule has 0 unspecified atom stereocenters. The maximum absolute atomic E-state index is 12.6. The minimum absolute atomic E-state index is 0.0179. The van der Waals surface area contributed by atoms with Gasteiger partial charge in [0, 0.05) is 11.8 Å². The van der Waals surface area contributed by atoms with Gasteiger partial charge in [0.2, 0.25) is 0 Å². The van der Waals surface area contributed by atoms with Gasteiger partial charge in [-0.3, -0.25) is 4.79 Å². The predicted octanol–water partition coefficient (Wildman–Crippen LogP) is 3.99. The zero-order valence-electron chi connectivity index (χ0n) is 16.3. The van der Waals surface area contributed by atoms with Crippen molar-refractivity contribution in [2.24, 2.45) is 0 Å². The van der Waals surface area contributed by atoms with Gasteiger partial charge in [-0.05, 0) is 30.0 Å². The van der Waals surface area contributed by atoms with Gasteiger partial charge in [-0.1, -0.05) is 51.1 Å². The lowest BCUT2D eigenvalue weighted by Gasteiger charge is -2.12. The molecule has 0 aliphatic rings. The van der Waals surface area contributed by atoms with Crippen molar-refractivity contribution in [3.63, 3.8) is 0 Å². The molecule has 28 heavy (non-hydrogen) atoms. The first-order valence-corrected chi connectivity index (χ1v) is 9.29. The second kappa shape index (κ2) is 8.61. The Bertz CT molecular complexity index is 960. The summed E-state index contributed by atoms with van der Waals surface area (Å²) in [4.78, 5) is 29.2. The minimum Gasteiger partial charge on any atom is -0.454 e. The Morgan fingerprint density at radius 2 is 1.86 bits per heavy atom. The Labute approximate surface area is 164 Å². The standard InChI is InChI=1S/C22H23N3O3/c1-4-16-8-10-17(11-9-16)19(26)14-28-22(27)18-13-24-25(21(18)15(2)3)20-7-5-6-12-23-20/h5-13,15H,4,14H2,1-3H3. The fourth-order valence-corrected chi connectivity index (χ4v) is 2.95. The van der Waals surface area contributed by atoms with E-state index in [4.69, 9.17) is 4.74 Å². The van der Waals surface area contributed by atoms with E-state index >= 15 is 0 Å². The third-order valence-corrected chi connectivity index (χ3v) is 4.46. The number of nitrogens with zero attached hydrogens (tertiary/aromatic N) is 3. The van der Waals surface area contributed by atoms with E-state index in [9.17, 15) is 9.59 Å². The van der Waals surface area contributed by atoms with Gasteiger partial charge in [-0.2, -0.15) is 5.10 Å². The van der Waals surface area contributed by atoms with Crippen LogP contribution in [0.25, 0.3) is 5.82 Å². The fourth-order valence-electron chi connectivity index (χ4n) is 2.95. The van der Waals surface area contributed by atoms with E-state index in [2.05, 4.69) is 17.0 Å². The van der Waals surface area contributed by atoms with Gasteiger partial charge in [-0.15, -0.1) is 0 Å². The van der Waals surface area contributed by atoms with Crippen molar-refractivity contribution in [2.45, 2.75) is 33.1 Å². The number of hydrogen-bond donors (Lipinski definition) is 0. The van der Waals surface area contributed by atoms with Crippen molar-refractivity contribution in [1.82, 2.24) is 14.8 Å². The monoisotopic (exact) mass is 377 g/mol. The molecule has 0 aliphatic carbocycles. The molecule has 6 nitrogen and oxygen atoms in total. The van der Waals surface area contributed by atoms with Crippen LogP contribution in [0.2, 0.25) is 0 Å². The number of aryl methyl sites for hydroxylation is 1. The van der Waals surface area contributed by atoms with Crippen molar-refractivity contribution >= 4 is 11.8 Å². The highest BCUT2D eigenvalue weighted by Crippen LogP contribution is 2.23. The number of benzene rings is 1. The van der Waals surface area contributed by atoms with E-state index < -0.39 is 5.97 Å². The number of ether oxygens (including phenoxy) is 1. The largest absolute Gasteiger partial charge is 0.454 e. The Hall–Kier alpha value is -3.28. The Kier molecular flexibility index (Phi) is 5.99. The summed E-state index contributed by atoms with van der Waals surface area (Å²) in [6.45, 7) is 5.67. The van der Waals surface area contributed by atoms with E-state index in [0.717, 1.165) is 12.0 Å². The van der Waals surface area contributed by atoms with E-state index in [1.165, 1.54) is 6.20 Å². The molecular formula is C22H23N3O3. The van der Waals surface area contributed by atoms with Crippen LogP contribution in [0.1, 0.15) is 58.7 Å². The highest BCUT2D eigenvalue weighted by molar-refractivity contribution is 5.99. The number of esters is 1. The van der Waals surface area contributed by atoms with E-state index in [1.54, 1.807) is 23.0 Å². The molecule has 6 heteroatoms. The third kappa shape index (κ3) is 4.17. The minimum atomic E-state index is -0.565. The molecule has 0 atom stereocenters. The molecule has 0 saturated heterocycles. The van der Waals surface area contributed by atoms with Gasteiger partial charge >= 0.3 is 5.97 Å². The van der Waals surface area contributed by atoms with Crippen LogP contribution in [0.15, 0.2) is 54.9 Å². The smallest absolute Gasteiger partial charge is 0.342 e. The number of pyridine rings is 1. The van der Waals surface area contributed by atoms with Gasteiger partial charge in [-0.25, -0.2) is 14.5 Å². The Balaban J connectivity index is 1.75. The van der Waals surface area contributed by atoms with Crippen LogP contribution in [0, 0.1) is 0 Å². The molecule has 3 rings (SSSR count). The molecule has 0 amide bonds. The zero-order chi connectivity index (χ0) is 20.1. The van der Waals surface area contributed by atoms with E-state index in [1.807, 2.05) is 44.2 Å². The lowest BCUT2D eigenvalue weighted by Crippen LogP contribution is -2.16. The van der Waals surface area contributed by atoms with Crippen molar-refractivity contribution < 1.29 is 14.3 Å². The molecule has 3 aromatic rings. The molecule has 0 N–H and O–H groups in total. The van der Waals surface area contributed by atoms with Crippen LogP contribution in [0.3, 0.4) is 0 Å². The van der Waals surface area contributed by atoms with Gasteiger partial charge in [0.05, 0.1) is 11.9 Å². The number of carbonyl (C=O) groups is 2. The van der Waals surface area contributed by atoms with Crippen LogP contribution in [0.5, 0.6) is 0 Å². The lowest BCUT2D eigenvalue weighted by atomic mass is 10.1. The molecule has 1 aromatic carbocycles. The average molecular weight is 377 g/mol. The van der Waals surface area contributed by atoms with Crippen molar-refractivity contribution in [3.05, 3.63) is 77.2 Å². The topological polar surface area (TPSA) is 74.1 Å². The van der Waals surface area contributed by atoms with Crippen LogP contribution in [-0.2, 0) is 11.2 Å². The Morgan fingerprint density at radius 3 is 2.46 bits per heavy atom. The van der Waals surface area contributed by atoms with Crippen LogP contribution in [0.4, 0.5) is 0 Å². The van der Waals surface area contributed by atoms with Crippen molar-refractivity contribution in [1.29, 1.82) is 0 Å². The van der Waals surface area contributed by atoms with E-state index in [-0.39, 0.29) is 18.3 Å². The average Bonchev–Trinajstić information content (AvgIpc) is 3.18. The van der Waals surface area contributed by atoms with Crippen LogP contribution >= 0.6 is 0 Å². The summed E-state index contributed by atoms with van der Waals surface area (Å²) in [5.41, 5.74) is 2.72. The number of ketones is 1. The molecule has 0 fully saturated rings. The number of Topliss-reactive ketones (excluding diaryl/α,β-unsaturated/α-hetero) is 1. The second-order valence-electron chi connectivity index (χ2n) is 6.75. The van der Waals surface area contributed by atoms with Gasteiger partial charge in [0.15, 0.2) is 18.2 Å². The third-order valence-electron chi connectivity index (χ3n) is 4.46. The van der Waals surface area contributed by atoms with Gasteiger partial charge in [0.1, 0.15) is 5.56 Å². The first-order chi connectivity index (χ1) is 13.5. The molecule has 0 aliphatic heterocycles. The number of carbonyl (C=O) groups excluding carboxylic acids is 2. The SMILES string of the molecule is CCc1ccc(C(=O)COC(=O)c2cnn(-c3ccccn3)c2C(C)C)cc1. The summed E-state index contributed by atoms with van der Waals surface area (Å²) in [6, 6.07) is 12.8. The summed E-state index contributed by atoms with van der Waals surface area (Å²) in [5.74, 6) is -0.162. The molecule has 2 aromatic heterocycles. The van der Waals surface area contributed by atoms with Crippen molar-refractivity contribution in [2.75, 3.05) is 6.61 Å². The normalized spacial score (nSPS) is 10.9. The summed E-state index contributed by atoms with van der Waals surface area (Å²) >= 11 is 0.